The molecule has 0 atom stereocenters. The Morgan fingerprint density at radius 2 is 0.889 bits per heavy atom. The van der Waals surface area contributed by atoms with Crippen LogP contribution >= 0.6 is 56.9 Å². The van der Waals surface area contributed by atoms with E-state index in [4.69, 9.17) is 36.3 Å². The average Bonchev–Trinajstić information content (AvgIpc) is 1.25. The van der Waals surface area contributed by atoms with Crippen LogP contribution in [0.15, 0.2) is 147 Å². The second-order valence-corrected chi connectivity index (χ2v) is 34.3. The van der Waals surface area contributed by atoms with Gasteiger partial charge in [-0.1, -0.05) is 88.6 Å². The number of likely N-dealkylation sites (tertiary alicyclic amines) is 2. The van der Waals surface area contributed by atoms with Crippen LogP contribution in [-0.2, 0) is 43.8 Å². The topological polar surface area (TPSA) is 392 Å². The number of benzene rings is 4. The number of ether oxygens (including phenoxy) is 4. The first-order chi connectivity index (χ1) is 55.1. The smallest absolute Gasteiger partial charge is 0.375 e. The van der Waals surface area contributed by atoms with Crippen LogP contribution in [0, 0.1) is 27.7 Å². The first-order valence-electron chi connectivity index (χ1n) is 35.1. The number of nitrogens with zero attached hydrogens (tertiary/aromatic N) is 14. The number of nitrogens with one attached hydrogen (secondary N) is 4. The SMILES string of the molecule is C.C1CC2(CCN1)OCCO2.Cc1ccc2nc(N)sc2c1.Cc1ccc2nc(NC(=O)N3CCC(=O)CC3)sc2c1.Cc1ccc2nc(NC(=O)N3CCC4(CC3)OCCO4)sc2c1.Cc1ccc2nc(NC(=O)n3ccnc3)sc2c1.O=C(n1ccnc1)n1ccnc1.O=S(=O)(N(c1ccc(Cl)cn1)S(=O)(=O)C(F)(F)F)C(F)(F)F. The van der Waals surface area contributed by atoms with Crippen molar-refractivity contribution in [2.45, 2.75) is 96.2 Å². The molecule has 5 amide bonds. The number of amides is 5. The number of ketones is 1. The molecule has 5 saturated heterocycles. The molecule has 13 heterocycles. The van der Waals surface area contributed by atoms with Gasteiger partial charge in [0.05, 0.1) is 72.3 Å². The quantitative estimate of drug-likeness (QED) is 0.0965. The number of piperidine rings is 3. The minimum atomic E-state index is -6.93. The number of urea groups is 2. The molecule has 0 bridgehead atoms. The Hall–Kier alpha value is -10.3. The molecule has 6 N–H and O–H groups in total. The van der Waals surface area contributed by atoms with Gasteiger partial charge in [0.25, 0.3) is 0 Å². The number of fused-ring (bicyclic) bond motifs is 4. The number of pyridine rings is 1. The lowest BCUT2D eigenvalue weighted by Crippen LogP contribution is -2.49. The Balaban J connectivity index is 0.000000146. The van der Waals surface area contributed by atoms with E-state index in [0.29, 0.717) is 85.0 Å². The number of hydrogen-bond acceptors (Lipinski definition) is 27. The molecule has 0 saturated carbocycles. The van der Waals surface area contributed by atoms with E-state index in [9.17, 15) is 67.2 Å². The highest BCUT2D eigenvalue weighted by atomic mass is 35.5. The monoisotopic (exact) mass is 1760 g/mol. The maximum absolute atomic E-state index is 12.5. The highest BCUT2D eigenvalue weighted by molar-refractivity contribution is 8.11. The normalized spacial score (nSPS) is 15.6. The summed E-state index contributed by atoms with van der Waals surface area (Å²) in [5.41, 5.74) is 1.42. The summed E-state index contributed by atoms with van der Waals surface area (Å²) in [7, 11) is -13.9. The van der Waals surface area contributed by atoms with E-state index in [1.54, 1.807) is 47.0 Å². The molecule has 45 heteroatoms. The largest absolute Gasteiger partial charge is 0.517 e. The van der Waals surface area contributed by atoms with Gasteiger partial charge in [-0.2, -0.15) is 43.2 Å². The van der Waals surface area contributed by atoms with E-state index in [1.165, 1.54) is 105 Å². The number of thiazole rings is 4. The van der Waals surface area contributed by atoms with Gasteiger partial charge < -0.3 is 39.8 Å². The summed E-state index contributed by atoms with van der Waals surface area (Å²) >= 11 is 11.3. The molecule has 17 rings (SSSR count). The average molecular weight is 1760 g/mol. The predicted molar refractivity (Wildman–Crippen MR) is 434 cm³/mol. The van der Waals surface area contributed by atoms with Crippen LogP contribution in [-0.4, -0.2) is 198 Å². The van der Waals surface area contributed by atoms with Crippen LogP contribution in [0.25, 0.3) is 40.9 Å². The lowest BCUT2D eigenvalue weighted by atomic mass is 10.0. The number of imidazole rings is 3. The Kier molecular flexibility index (Phi) is 29.6. The van der Waals surface area contributed by atoms with Crippen LogP contribution in [0.3, 0.4) is 0 Å². The molecule has 8 aromatic heterocycles. The lowest BCUT2D eigenvalue weighted by molar-refractivity contribution is -0.181. The first-order valence-corrected chi connectivity index (χ1v) is 41.7. The molecule has 5 aliphatic rings. The van der Waals surface area contributed by atoms with Crippen molar-refractivity contribution in [2.24, 2.45) is 0 Å². The Morgan fingerprint density at radius 1 is 0.521 bits per heavy atom. The second kappa shape index (κ2) is 38.9. The van der Waals surface area contributed by atoms with Gasteiger partial charge in [-0.3, -0.25) is 34.4 Å². The summed E-state index contributed by atoms with van der Waals surface area (Å²) in [4.78, 5) is 93.9. The van der Waals surface area contributed by atoms with E-state index in [1.807, 2.05) is 69.3 Å². The van der Waals surface area contributed by atoms with Crippen molar-refractivity contribution in [1.82, 2.24) is 68.7 Å². The van der Waals surface area contributed by atoms with Crippen molar-refractivity contribution < 1.29 is 86.1 Å². The van der Waals surface area contributed by atoms with E-state index in [-0.39, 0.29) is 54.2 Å². The summed E-state index contributed by atoms with van der Waals surface area (Å²) in [6, 6.07) is 24.5. The molecule has 0 aliphatic carbocycles. The molecule has 5 fully saturated rings. The van der Waals surface area contributed by atoms with Gasteiger partial charge in [0, 0.05) is 121 Å². The summed E-state index contributed by atoms with van der Waals surface area (Å²) in [5.74, 6) is -2.06. The molecule has 5 aliphatic heterocycles. The van der Waals surface area contributed by atoms with Gasteiger partial charge in [-0.15, -0.1) is 3.71 Å². The third-order valence-corrected chi connectivity index (χ3v) is 24.8. The number of aryl methyl sites for hydroxylation is 4. The zero-order valence-electron chi connectivity index (χ0n) is 61.9. The molecule has 2 spiro atoms. The van der Waals surface area contributed by atoms with Gasteiger partial charge in [-0.25, -0.2) is 59.0 Å². The fourth-order valence-electron chi connectivity index (χ4n) is 11.5. The molecule has 12 aromatic rings. The first kappa shape index (κ1) is 89.1. The fourth-order valence-corrected chi connectivity index (χ4v) is 17.9. The number of carbonyl (C=O) groups excluding carboxylic acids is 5. The molecule has 32 nitrogen and oxygen atoms in total. The minimum absolute atomic E-state index is 0. The van der Waals surface area contributed by atoms with Crippen LogP contribution in [0.1, 0.15) is 68.2 Å². The van der Waals surface area contributed by atoms with Gasteiger partial charge in [0.2, 0.25) is 0 Å². The number of halogens is 7. The van der Waals surface area contributed by atoms with Crippen LogP contribution in [0.5, 0.6) is 0 Å². The van der Waals surface area contributed by atoms with Crippen molar-refractivity contribution in [2.75, 3.05) is 91.1 Å². The molecule has 624 valence electrons. The third kappa shape index (κ3) is 23.4. The number of nitrogen functional groups attached to an aromatic ring is 1. The number of hydrogen-bond donors (Lipinski definition) is 5. The van der Waals surface area contributed by atoms with E-state index in [0.717, 1.165) is 88.2 Å². The molecular weight excluding hydrogens is 1680 g/mol. The predicted octanol–water partition coefficient (Wildman–Crippen LogP) is 14.4. The van der Waals surface area contributed by atoms with E-state index < -0.39 is 46.4 Å². The van der Waals surface area contributed by atoms with Crippen LogP contribution in [0.4, 0.5) is 71.9 Å². The van der Waals surface area contributed by atoms with Crippen molar-refractivity contribution in [3.8, 4) is 0 Å². The fraction of sp³-hybridized carbons (Fsp3) is 0.347. The van der Waals surface area contributed by atoms with Crippen molar-refractivity contribution in [1.29, 1.82) is 0 Å². The van der Waals surface area contributed by atoms with Gasteiger partial charge in [-0.05, 0) is 111 Å². The highest BCUT2D eigenvalue weighted by Gasteiger charge is 2.62. The van der Waals surface area contributed by atoms with Crippen molar-refractivity contribution in [3.63, 3.8) is 0 Å². The Bertz CT molecular complexity index is 5520. The number of anilines is 5. The molecular formula is C72H78ClF6N19O13S6. The second-order valence-electron chi connectivity index (χ2n) is 25.9. The van der Waals surface area contributed by atoms with Gasteiger partial charge in [0.15, 0.2) is 37.9 Å². The summed E-state index contributed by atoms with van der Waals surface area (Å²) < 4.78 is 149. The number of nitrogens with two attached hydrogens (primary N) is 1. The number of rotatable bonds is 6. The Morgan fingerprint density at radius 3 is 1.26 bits per heavy atom. The molecule has 0 unspecified atom stereocenters. The lowest BCUT2D eigenvalue weighted by Gasteiger charge is -2.37. The third-order valence-electron chi connectivity index (χ3n) is 17.4. The summed E-state index contributed by atoms with van der Waals surface area (Å²) in [6.45, 7) is 15.3. The number of alkyl halides is 6. The van der Waals surface area contributed by atoms with E-state index in [2.05, 4.69) is 92.3 Å². The molecule has 4 aromatic carbocycles. The number of Topliss-reactive ketones (excluding diaryl/α,β-unsaturated/α-hetero) is 1. The summed E-state index contributed by atoms with van der Waals surface area (Å²) in [5, 5.41) is 14.0. The Labute approximate surface area is 686 Å². The highest BCUT2D eigenvalue weighted by Crippen LogP contribution is 2.39. The summed E-state index contributed by atoms with van der Waals surface area (Å²) in [6.07, 6.45) is 18.6. The zero-order chi connectivity index (χ0) is 83.2. The molecule has 117 heavy (non-hydrogen) atoms. The van der Waals surface area contributed by atoms with Crippen molar-refractivity contribution in [3.05, 3.63) is 175 Å². The standard InChI is InChI=1S/C16H19N3O3S.C14H15N3O2S.C12H10N4OS.C8H8N2S.C7H3ClF6N2O4S2.C7H6N4O.C7H13NO2.CH4/c1-11-2-3-12-13(10-11)23-14(17-12)18-15(20)19-6-4-16(5-7-19)21-8-9-22-16;1-9-2-3-11-12(8-9)20-13(15-11)16-14(19)17-6-4-10(18)5-7-17;1-8-2-3-9-10(6-8)18-11(14-9)15-12(17)16-5-4-13-7-16;1-5-2-3-6-7(4-5)11-8(9)10-6;8-4-1-2-5(15-3-4)16(21(17,18)6(9,10)11)22(19,20)7(12,13)14;12-7(10-3-1-8-5-10)11-4-2-9-6-11;1-3-8-4-2-7(1)9-5-6-10-7;/h2-3,10H,4-9H2,1H3,(H,17,18,20);2-3,8H,4-7H2,1H3,(H,15,16,19);2-7H,1H3,(H,14,15,17);2-4H,1H3,(H2,9,10);1-3H;1-6H;8H,1-6H2;1H4. The molecule has 0 radical (unpaired) electrons. The van der Waals surface area contributed by atoms with Crippen LogP contribution < -0.4 is 30.7 Å². The number of carbonyl (C=O) groups is 5. The van der Waals surface area contributed by atoms with Crippen molar-refractivity contribution >= 4 is 174 Å². The maximum Gasteiger partial charge on any atom is 0.517 e. The van der Waals surface area contributed by atoms with E-state index >= 15 is 0 Å². The van der Waals surface area contributed by atoms with Gasteiger partial charge in [0.1, 0.15) is 24.8 Å². The number of aromatic nitrogens is 11. The zero-order valence-corrected chi connectivity index (χ0v) is 67.6. The number of sulfonamides is 2. The van der Waals surface area contributed by atoms with Crippen LogP contribution in [0.2, 0.25) is 5.02 Å². The minimum Gasteiger partial charge on any atom is -0.375 e. The maximum atomic E-state index is 12.5. The van der Waals surface area contributed by atoms with Gasteiger partial charge >= 0.3 is 55.2 Å².